The number of nitrogens with one attached hydrogen (secondary N) is 1. The number of carbonyl (C=O) groups is 2. The summed E-state index contributed by atoms with van der Waals surface area (Å²) < 4.78 is 0. The molecular weight excluding hydrogens is 254 g/mol. The summed E-state index contributed by atoms with van der Waals surface area (Å²) in [5.74, 6) is -0.186. The van der Waals surface area contributed by atoms with Gasteiger partial charge in [-0.25, -0.2) is 0 Å². The number of nitrogens with zero attached hydrogens (tertiary/aromatic N) is 2. The van der Waals surface area contributed by atoms with Crippen LogP contribution in [0.5, 0.6) is 0 Å². The van der Waals surface area contributed by atoms with Gasteiger partial charge in [0.1, 0.15) is 0 Å². The molecule has 0 aliphatic heterocycles. The van der Waals surface area contributed by atoms with Gasteiger partial charge in [0.05, 0.1) is 13.0 Å². The Balaban J connectivity index is 2.58. The molecule has 0 aliphatic rings. The standard InChI is InChI=1S/C15H23N3O2/c1-5-18(10-14(19)17-11(2)3)15(20)8-13-7-6-12(4)16-9-13/h6-7,9,11H,5,8,10H2,1-4H3,(H,17,19). The second kappa shape index (κ2) is 7.62. The highest BCUT2D eigenvalue weighted by molar-refractivity contribution is 5.85. The molecule has 0 bridgehead atoms. The summed E-state index contributed by atoms with van der Waals surface area (Å²) in [7, 11) is 0. The molecule has 1 N–H and O–H groups in total. The Morgan fingerprint density at radius 1 is 1.35 bits per heavy atom. The van der Waals surface area contributed by atoms with E-state index in [9.17, 15) is 9.59 Å². The monoisotopic (exact) mass is 277 g/mol. The van der Waals surface area contributed by atoms with Crippen LogP contribution in [0.4, 0.5) is 0 Å². The van der Waals surface area contributed by atoms with E-state index in [-0.39, 0.29) is 30.8 Å². The van der Waals surface area contributed by atoms with Crippen molar-refractivity contribution < 1.29 is 9.59 Å². The van der Waals surface area contributed by atoms with Gasteiger partial charge in [-0.05, 0) is 39.3 Å². The maximum absolute atomic E-state index is 12.2. The Hall–Kier alpha value is -1.91. The van der Waals surface area contributed by atoms with E-state index in [1.54, 1.807) is 11.1 Å². The fourth-order valence-electron chi connectivity index (χ4n) is 1.81. The third-order valence-corrected chi connectivity index (χ3v) is 2.85. The van der Waals surface area contributed by atoms with Gasteiger partial charge in [0.15, 0.2) is 0 Å². The van der Waals surface area contributed by atoms with Crippen LogP contribution in [0.2, 0.25) is 0 Å². The number of aromatic nitrogens is 1. The Morgan fingerprint density at radius 2 is 2.05 bits per heavy atom. The van der Waals surface area contributed by atoms with Gasteiger partial charge in [0.2, 0.25) is 11.8 Å². The van der Waals surface area contributed by atoms with Crippen molar-refractivity contribution in [2.45, 2.75) is 40.2 Å². The lowest BCUT2D eigenvalue weighted by Crippen LogP contribution is -2.43. The number of hydrogen-bond donors (Lipinski definition) is 1. The highest BCUT2D eigenvalue weighted by atomic mass is 16.2. The Kier molecular flexibility index (Phi) is 6.15. The van der Waals surface area contributed by atoms with Crippen molar-refractivity contribution in [3.8, 4) is 0 Å². The minimum Gasteiger partial charge on any atom is -0.352 e. The molecule has 110 valence electrons. The number of pyridine rings is 1. The van der Waals surface area contributed by atoms with Crippen molar-refractivity contribution in [3.63, 3.8) is 0 Å². The molecule has 5 heteroatoms. The molecule has 0 unspecified atom stereocenters. The van der Waals surface area contributed by atoms with Gasteiger partial charge in [-0.15, -0.1) is 0 Å². The fraction of sp³-hybridized carbons (Fsp3) is 0.533. The summed E-state index contributed by atoms with van der Waals surface area (Å²) in [4.78, 5) is 29.6. The summed E-state index contributed by atoms with van der Waals surface area (Å²) in [6, 6.07) is 3.85. The summed E-state index contributed by atoms with van der Waals surface area (Å²) in [5, 5.41) is 2.79. The maximum Gasteiger partial charge on any atom is 0.239 e. The lowest BCUT2D eigenvalue weighted by Gasteiger charge is -2.21. The first-order valence-corrected chi connectivity index (χ1v) is 6.91. The lowest BCUT2D eigenvalue weighted by molar-refractivity contribution is -0.135. The number of likely N-dealkylation sites (N-methyl/N-ethyl adjacent to an activating group) is 1. The van der Waals surface area contributed by atoms with E-state index < -0.39 is 0 Å². The van der Waals surface area contributed by atoms with Gasteiger partial charge in [-0.1, -0.05) is 6.07 Å². The molecule has 1 heterocycles. The minimum atomic E-state index is -0.128. The number of amides is 2. The second-order valence-electron chi connectivity index (χ2n) is 5.11. The van der Waals surface area contributed by atoms with E-state index in [4.69, 9.17) is 0 Å². The number of aryl methyl sites for hydroxylation is 1. The van der Waals surface area contributed by atoms with E-state index in [2.05, 4.69) is 10.3 Å². The van der Waals surface area contributed by atoms with Gasteiger partial charge in [0, 0.05) is 24.5 Å². The third kappa shape index (κ3) is 5.38. The SMILES string of the molecule is CCN(CC(=O)NC(C)C)C(=O)Cc1ccc(C)nc1. The van der Waals surface area contributed by atoms with Crippen LogP contribution in [0.3, 0.4) is 0 Å². The molecule has 0 fully saturated rings. The van der Waals surface area contributed by atoms with Crippen LogP contribution in [0.1, 0.15) is 32.0 Å². The number of hydrogen-bond acceptors (Lipinski definition) is 3. The van der Waals surface area contributed by atoms with Crippen LogP contribution >= 0.6 is 0 Å². The van der Waals surface area contributed by atoms with E-state index in [1.807, 2.05) is 39.8 Å². The smallest absolute Gasteiger partial charge is 0.239 e. The van der Waals surface area contributed by atoms with Crippen LogP contribution in [0.15, 0.2) is 18.3 Å². The predicted molar refractivity (Wildman–Crippen MR) is 78.2 cm³/mol. The van der Waals surface area contributed by atoms with Crippen LogP contribution in [-0.4, -0.2) is 40.8 Å². The molecule has 20 heavy (non-hydrogen) atoms. The molecule has 5 nitrogen and oxygen atoms in total. The molecule has 1 aromatic heterocycles. The minimum absolute atomic E-state index is 0.0583. The zero-order valence-corrected chi connectivity index (χ0v) is 12.6. The van der Waals surface area contributed by atoms with E-state index in [1.165, 1.54) is 0 Å². The summed E-state index contributed by atoms with van der Waals surface area (Å²) in [5.41, 5.74) is 1.79. The van der Waals surface area contributed by atoms with E-state index >= 15 is 0 Å². The largest absolute Gasteiger partial charge is 0.352 e. The molecule has 0 atom stereocenters. The first-order chi connectivity index (χ1) is 9.42. The van der Waals surface area contributed by atoms with Gasteiger partial charge < -0.3 is 10.2 Å². The molecule has 1 aromatic rings. The van der Waals surface area contributed by atoms with Crippen LogP contribution in [-0.2, 0) is 16.0 Å². The molecular formula is C15H23N3O2. The predicted octanol–water partition coefficient (Wildman–Crippen LogP) is 1.31. The Bertz CT molecular complexity index is 455. The molecule has 0 radical (unpaired) electrons. The van der Waals surface area contributed by atoms with Crippen molar-refractivity contribution in [2.24, 2.45) is 0 Å². The second-order valence-corrected chi connectivity index (χ2v) is 5.11. The van der Waals surface area contributed by atoms with Gasteiger partial charge in [0.25, 0.3) is 0 Å². The van der Waals surface area contributed by atoms with Gasteiger partial charge in [-0.3, -0.25) is 14.6 Å². The van der Waals surface area contributed by atoms with Crippen LogP contribution < -0.4 is 5.32 Å². The van der Waals surface area contributed by atoms with Crippen LogP contribution in [0, 0.1) is 6.92 Å². The average molecular weight is 277 g/mol. The maximum atomic E-state index is 12.2. The average Bonchev–Trinajstić information content (AvgIpc) is 2.37. The van der Waals surface area contributed by atoms with E-state index in [0.717, 1.165) is 11.3 Å². The third-order valence-electron chi connectivity index (χ3n) is 2.85. The van der Waals surface area contributed by atoms with Crippen molar-refractivity contribution in [2.75, 3.05) is 13.1 Å². The summed E-state index contributed by atoms with van der Waals surface area (Å²) in [6.45, 7) is 8.19. The fourth-order valence-corrected chi connectivity index (χ4v) is 1.81. The Labute approximate surface area is 120 Å². The molecule has 0 aliphatic carbocycles. The highest BCUT2D eigenvalue weighted by Crippen LogP contribution is 2.03. The molecule has 0 saturated carbocycles. The topological polar surface area (TPSA) is 62.3 Å². The molecule has 0 spiro atoms. The zero-order valence-electron chi connectivity index (χ0n) is 12.6. The molecule has 0 aromatic carbocycles. The molecule has 1 rings (SSSR count). The quantitative estimate of drug-likeness (QED) is 0.852. The van der Waals surface area contributed by atoms with Crippen molar-refractivity contribution in [3.05, 3.63) is 29.6 Å². The number of rotatable bonds is 6. The molecule has 2 amide bonds. The lowest BCUT2D eigenvalue weighted by atomic mass is 10.2. The number of carbonyl (C=O) groups excluding carboxylic acids is 2. The highest BCUT2D eigenvalue weighted by Gasteiger charge is 2.16. The summed E-state index contributed by atoms with van der Waals surface area (Å²) >= 11 is 0. The van der Waals surface area contributed by atoms with Gasteiger partial charge >= 0.3 is 0 Å². The first-order valence-electron chi connectivity index (χ1n) is 6.91. The Morgan fingerprint density at radius 3 is 2.55 bits per heavy atom. The summed E-state index contributed by atoms with van der Waals surface area (Å²) in [6.07, 6.45) is 1.98. The normalized spacial score (nSPS) is 10.4. The van der Waals surface area contributed by atoms with Crippen molar-refractivity contribution in [1.82, 2.24) is 15.2 Å². The molecule has 0 saturated heterocycles. The van der Waals surface area contributed by atoms with Crippen molar-refractivity contribution in [1.29, 1.82) is 0 Å². The zero-order chi connectivity index (χ0) is 15.1. The first kappa shape index (κ1) is 16.1. The van der Waals surface area contributed by atoms with Gasteiger partial charge in [-0.2, -0.15) is 0 Å². The van der Waals surface area contributed by atoms with E-state index in [0.29, 0.717) is 6.54 Å². The van der Waals surface area contributed by atoms with Crippen LogP contribution in [0.25, 0.3) is 0 Å². The van der Waals surface area contributed by atoms with Crippen molar-refractivity contribution >= 4 is 11.8 Å².